The maximum atomic E-state index is 9.06. The number of aromatic nitrogens is 2. The molecule has 12 rings (SSSR count). The molecule has 0 bridgehead atoms. The number of hydrogen-bond acceptors (Lipinski definition) is 1. The number of rotatable bonds is 5. The molecular weight excluding hydrogens is 791 g/mol. The number of nitrogens with one attached hydrogen (secondary N) is 1. The first kappa shape index (κ1) is 39.6. The van der Waals surface area contributed by atoms with E-state index in [1.54, 1.807) is 0 Å². The Bertz CT molecular complexity index is 3650. The summed E-state index contributed by atoms with van der Waals surface area (Å²) in [5, 5.41) is 13.8. The van der Waals surface area contributed by atoms with Gasteiger partial charge in [0.05, 0.1) is 22.1 Å². The van der Waals surface area contributed by atoms with Crippen LogP contribution in [0.15, 0.2) is 217 Å². The summed E-state index contributed by atoms with van der Waals surface area (Å²) in [6, 6.07) is 74.5. The molecule has 5 nitrogen and oxygen atoms in total. The monoisotopic (exact) mass is 837 g/mol. The smallest absolute Gasteiger partial charge is 0.154 e. The quantitative estimate of drug-likeness (QED) is 0.132. The Morgan fingerprint density at radius 3 is 1.82 bits per heavy atom. The highest BCUT2D eigenvalue weighted by molar-refractivity contribution is 6.22. The van der Waals surface area contributed by atoms with Gasteiger partial charge in [-0.25, -0.2) is 4.99 Å². The van der Waals surface area contributed by atoms with Gasteiger partial charge in [0.1, 0.15) is 5.84 Å². The van der Waals surface area contributed by atoms with Gasteiger partial charge < -0.3 is 14.9 Å². The molecule has 9 aromatic carbocycles. The predicted molar refractivity (Wildman–Crippen MR) is 273 cm³/mol. The molecule has 0 fully saturated rings. The summed E-state index contributed by atoms with van der Waals surface area (Å²) in [7, 11) is 0. The standard InChI is InChI=1S/C53H39N5.C7H8/c1-53(2)43-25-12-9-23-39(43)49-44(53)32-41(34-18-15-19-35(30-34)52(55)56-51(54)33-16-5-3-6-17-33)48-40-24-11-14-27-46(40)58(50(48)49)37-28-29-47-42(31-37)38-22-10-13-26-45(38)57(47)36-20-7-4-8-21-36;1-7-5-3-2-4-6-7/h3-32H,1-2H3,(H3,54,55,56);2-6H,1H3. The summed E-state index contributed by atoms with van der Waals surface area (Å²) in [6.45, 7) is 6.77. The van der Waals surface area contributed by atoms with Crippen LogP contribution >= 0.6 is 0 Å². The van der Waals surface area contributed by atoms with Crippen molar-refractivity contribution in [3.63, 3.8) is 0 Å². The third kappa shape index (κ3) is 6.63. The summed E-state index contributed by atoms with van der Waals surface area (Å²) in [5.41, 5.74) is 23.2. The number of benzene rings is 9. The van der Waals surface area contributed by atoms with Crippen molar-refractivity contribution in [3.05, 3.63) is 240 Å². The molecule has 0 amide bonds. The summed E-state index contributed by atoms with van der Waals surface area (Å²) >= 11 is 0. The maximum Gasteiger partial charge on any atom is 0.154 e. The summed E-state index contributed by atoms with van der Waals surface area (Å²) in [4.78, 5) is 4.56. The minimum Gasteiger partial charge on any atom is -0.383 e. The zero-order chi connectivity index (χ0) is 44.2. The number of nitrogens with zero attached hydrogens (tertiary/aromatic N) is 3. The molecule has 0 unspecified atom stereocenters. The third-order valence-corrected chi connectivity index (χ3v) is 13.1. The number of para-hydroxylation sites is 3. The van der Waals surface area contributed by atoms with Crippen LogP contribution in [-0.2, 0) is 5.41 Å². The first-order chi connectivity index (χ1) is 31.8. The fourth-order valence-electron chi connectivity index (χ4n) is 10.0. The van der Waals surface area contributed by atoms with Gasteiger partial charge in [0.2, 0.25) is 0 Å². The van der Waals surface area contributed by atoms with E-state index in [0.717, 1.165) is 33.6 Å². The highest BCUT2D eigenvalue weighted by Crippen LogP contribution is 2.55. The van der Waals surface area contributed by atoms with E-state index in [0.29, 0.717) is 11.4 Å². The molecule has 1 aliphatic rings. The van der Waals surface area contributed by atoms with E-state index in [1.807, 2.05) is 60.7 Å². The van der Waals surface area contributed by atoms with Gasteiger partial charge in [0.15, 0.2) is 5.84 Å². The normalized spacial score (nSPS) is 12.9. The second-order valence-corrected chi connectivity index (χ2v) is 17.4. The van der Waals surface area contributed by atoms with E-state index in [4.69, 9.17) is 11.1 Å². The molecule has 0 spiro atoms. The van der Waals surface area contributed by atoms with Crippen molar-refractivity contribution in [1.29, 1.82) is 5.41 Å². The average Bonchev–Trinajstić information content (AvgIpc) is 3.95. The van der Waals surface area contributed by atoms with Crippen LogP contribution in [0, 0.1) is 12.3 Å². The Kier molecular flexibility index (Phi) is 9.62. The minimum absolute atomic E-state index is 0.124. The van der Waals surface area contributed by atoms with Crippen molar-refractivity contribution < 1.29 is 0 Å². The largest absolute Gasteiger partial charge is 0.383 e. The fraction of sp³-hybridized carbons (Fsp3) is 0.0667. The van der Waals surface area contributed by atoms with E-state index < -0.39 is 0 Å². The van der Waals surface area contributed by atoms with Gasteiger partial charge in [0, 0.05) is 55.0 Å². The second-order valence-electron chi connectivity index (χ2n) is 17.4. The first-order valence-corrected chi connectivity index (χ1v) is 22.2. The molecule has 0 saturated heterocycles. The Morgan fingerprint density at radius 2 is 1.09 bits per heavy atom. The molecule has 0 radical (unpaired) electrons. The lowest BCUT2D eigenvalue weighted by atomic mass is 9.81. The van der Waals surface area contributed by atoms with Gasteiger partial charge in [-0.15, -0.1) is 0 Å². The fourth-order valence-corrected chi connectivity index (χ4v) is 10.0. The average molecular weight is 838 g/mol. The number of nitrogens with two attached hydrogens (primary N) is 1. The van der Waals surface area contributed by atoms with Crippen LogP contribution in [0.4, 0.5) is 0 Å². The van der Waals surface area contributed by atoms with Gasteiger partial charge in [-0.05, 0) is 89.3 Å². The zero-order valence-corrected chi connectivity index (χ0v) is 36.6. The molecular formula is C60H47N5. The zero-order valence-electron chi connectivity index (χ0n) is 36.6. The number of amidine groups is 2. The molecule has 11 aromatic rings. The second kappa shape index (κ2) is 15.8. The van der Waals surface area contributed by atoms with E-state index in [2.05, 4.69) is 187 Å². The molecule has 0 saturated carbocycles. The number of hydrogen-bond donors (Lipinski definition) is 2. The summed E-state index contributed by atoms with van der Waals surface area (Å²) in [6.07, 6.45) is 0. The predicted octanol–water partition coefficient (Wildman–Crippen LogP) is 14.6. The van der Waals surface area contributed by atoms with Gasteiger partial charge in [-0.1, -0.05) is 177 Å². The molecule has 5 heteroatoms. The van der Waals surface area contributed by atoms with Crippen LogP contribution in [0.1, 0.15) is 41.7 Å². The molecule has 2 aromatic heterocycles. The number of aryl methyl sites for hydroxylation is 1. The third-order valence-electron chi connectivity index (χ3n) is 13.1. The topological polar surface area (TPSA) is 72.1 Å². The highest BCUT2D eigenvalue weighted by atomic mass is 15.0. The van der Waals surface area contributed by atoms with Gasteiger partial charge >= 0.3 is 0 Å². The van der Waals surface area contributed by atoms with Crippen LogP contribution < -0.4 is 5.73 Å². The van der Waals surface area contributed by atoms with Crippen molar-refractivity contribution in [3.8, 4) is 33.6 Å². The van der Waals surface area contributed by atoms with Crippen molar-refractivity contribution in [1.82, 2.24) is 9.13 Å². The lowest BCUT2D eigenvalue weighted by Crippen LogP contribution is -2.15. The van der Waals surface area contributed by atoms with E-state index in [-0.39, 0.29) is 11.3 Å². The van der Waals surface area contributed by atoms with Crippen LogP contribution in [0.2, 0.25) is 0 Å². The van der Waals surface area contributed by atoms with E-state index in [1.165, 1.54) is 65.9 Å². The minimum atomic E-state index is -0.248. The Hall–Kier alpha value is -8.28. The van der Waals surface area contributed by atoms with Crippen LogP contribution in [0.5, 0.6) is 0 Å². The van der Waals surface area contributed by atoms with Gasteiger partial charge in [-0.2, -0.15) is 0 Å². The van der Waals surface area contributed by atoms with Crippen molar-refractivity contribution in [2.24, 2.45) is 10.7 Å². The van der Waals surface area contributed by atoms with Crippen LogP contribution in [0.25, 0.3) is 77.2 Å². The number of aliphatic imine (C=N–C) groups is 1. The number of fused-ring (bicyclic) bond motifs is 10. The lowest BCUT2D eigenvalue weighted by molar-refractivity contribution is 0.661. The first-order valence-electron chi connectivity index (χ1n) is 22.2. The van der Waals surface area contributed by atoms with Crippen LogP contribution in [-0.4, -0.2) is 20.8 Å². The molecule has 3 N–H and O–H groups in total. The lowest BCUT2D eigenvalue weighted by Gasteiger charge is -2.23. The van der Waals surface area contributed by atoms with Gasteiger partial charge in [0.25, 0.3) is 0 Å². The summed E-state index contributed by atoms with van der Waals surface area (Å²) in [5.74, 6) is 0.445. The van der Waals surface area contributed by atoms with Crippen LogP contribution in [0.3, 0.4) is 0 Å². The van der Waals surface area contributed by atoms with Crippen molar-refractivity contribution >= 4 is 55.3 Å². The molecule has 2 heterocycles. The van der Waals surface area contributed by atoms with E-state index >= 15 is 0 Å². The van der Waals surface area contributed by atoms with Crippen molar-refractivity contribution in [2.45, 2.75) is 26.2 Å². The SMILES string of the molecule is CC1(C)c2ccccc2-c2c1cc(-c1cccc(C(=N)N=C(N)c3ccccc3)c1)c1c3ccccc3n(-c3ccc4c(c3)c3ccccc3n4-c3ccccc3)c21.Cc1ccccc1. The molecule has 0 aliphatic heterocycles. The highest BCUT2D eigenvalue weighted by Gasteiger charge is 2.39. The Labute approximate surface area is 378 Å². The molecule has 312 valence electrons. The molecule has 0 atom stereocenters. The molecule has 65 heavy (non-hydrogen) atoms. The Morgan fingerprint density at radius 1 is 0.492 bits per heavy atom. The van der Waals surface area contributed by atoms with Gasteiger partial charge in [-0.3, -0.25) is 5.41 Å². The maximum absolute atomic E-state index is 9.06. The van der Waals surface area contributed by atoms with E-state index in [9.17, 15) is 0 Å². The summed E-state index contributed by atoms with van der Waals surface area (Å²) < 4.78 is 4.87. The molecule has 1 aliphatic carbocycles. The Balaban J connectivity index is 0.000000615. The van der Waals surface area contributed by atoms with Crippen molar-refractivity contribution in [2.75, 3.05) is 0 Å².